The van der Waals surface area contributed by atoms with E-state index in [-0.39, 0.29) is 29.8 Å². The van der Waals surface area contributed by atoms with Gasteiger partial charge in [0.2, 0.25) is 10.0 Å². The summed E-state index contributed by atoms with van der Waals surface area (Å²) in [4.78, 5) is 26.8. The quantitative estimate of drug-likeness (QED) is 0.742. The topological polar surface area (TPSA) is 74.8 Å². The molecule has 0 aromatic heterocycles. The normalized spacial score (nSPS) is 20.2. The van der Waals surface area contributed by atoms with Crippen molar-refractivity contribution in [3.8, 4) is 0 Å². The molecular weight excluding hydrogens is 376 g/mol. The van der Waals surface area contributed by atoms with Crippen LogP contribution in [0.25, 0.3) is 0 Å². The number of carbonyl (C=O) groups is 2. The van der Waals surface area contributed by atoms with Crippen LogP contribution in [0.15, 0.2) is 53.4 Å². The van der Waals surface area contributed by atoms with E-state index in [9.17, 15) is 18.0 Å². The first-order valence-electron chi connectivity index (χ1n) is 9.37. The van der Waals surface area contributed by atoms with Crippen molar-refractivity contribution in [3.63, 3.8) is 0 Å². The van der Waals surface area contributed by atoms with Gasteiger partial charge in [-0.3, -0.25) is 14.5 Å². The van der Waals surface area contributed by atoms with Crippen molar-refractivity contribution in [1.29, 1.82) is 0 Å². The maximum Gasteiger partial charge on any atom is 0.261 e. The Morgan fingerprint density at radius 2 is 1.50 bits per heavy atom. The van der Waals surface area contributed by atoms with Crippen LogP contribution in [-0.2, 0) is 10.0 Å². The number of nitrogens with zero attached hydrogens (tertiary/aromatic N) is 2. The van der Waals surface area contributed by atoms with Gasteiger partial charge in [0.15, 0.2) is 0 Å². The zero-order valence-electron chi connectivity index (χ0n) is 15.8. The zero-order chi connectivity index (χ0) is 20.1. The van der Waals surface area contributed by atoms with Crippen molar-refractivity contribution in [3.05, 3.63) is 65.2 Å². The highest BCUT2D eigenvalue weighted by Crippen LogP contribution is 2.30. The Morgan fingerprint density at radius 1 is 0.929 bits per heavy atom. The summed E-state index contributed by atoms with van der Waals surface area (Å²) in [6.45, 7) is 4.51. The molecule has 0 bridgehead atoms. The van der Waals surface area contributed by atoms with Crippen LogP contribution in [0.1, 0.15) is 52.5 Å². The summed E-state index contributed by atoms with van der Waals surface area (Å²) in [7, 11) is -3.66. The number of sulfonamides is 1. The fraction of sp³-hybridized carbons (Fsp3) is 0.333. The first kappa shape index (κ1) is 18.8. The maximum atomic E-state index is 13.0. The van der Waals surface area contributed by atoms with Crippen molar-refractivity contribution in [2.45, 2.75) is 37.1 Å². The molecule has 0 radical (unpaired) electrons. The molecule has 6 nitrogen and oxygen atoms in total. The molecule has 2 aliphatic rings. The highest BCUT2D eigenvalue weighted by atomic mass is 32.2. The molecule has 1 fully saturated rings. The van der Waals surface area contributed by atoms with E-state index in [0.717, 1.165) is 5.56 Å². The lowest BCUT2D eigenvalue weighted by Crippen LogP contribution is -2.42. The minimum absolute atomic E-state index is 0.125. The average molecular weight is 398 g/mol. The van der Waals surface area contributed by atoms with Gasteiger partial charge in [-0.25, -0.2) is 8.42 Å². The predicted molar refractivity (Wildman–Crippen MR) is 105 cm³/mol. The molecule has 0 saturated carbocycles. The first-order valence-corrected chi connectivity index (χ1v) is 10.8. The van der Waals surface area contributed by atoms with Gasteiger partial charge in [-0.15, -0.1) is 0 Å². The molecule has 1 atom stereocenters. The van der Waals surface area contributed by atoms with E-state index in [0.29, 0.717) is 23.5 Å². The van der Waals surface area contributed by atoms with Crippen LogP contribution in [0, 0.1) is 0 Å². The third-order valence-electron chi connectivity index (χ3n) is 5.50. The van der Waals surface area contributed by atoms with E-state index in [1.807, 2.05) is 12.1 Å². The molecule has 2 amide bonds. The molecule has 0 aliphatic carbocycles. The van der Waals surface area contributed by atoms with Gasteiger partial charge in [0, 0.05) is 13.1 Å². The minimum atomic E-state index is -3.66. The predicted octanol–water partition coefficient (Wildman–Crippen LogP) is 2.87. The maximum absolute atomic E-state index is 13.0. The highest BCUT2D eigenvalue weighted by molar-refractivity contribution is 7.89. The fourth-order valence-corrected chi connectivity index (χ4v) is 5.35. The average Bonchev–Trinajstić information content (AvgIpc) is 3.26. The SMILES string of the molecule is CC(C)c1ccc(S(=O)(=O)N2CCC(N3C(=O)c4ccccc4C3=O)C2)cc1. The lowest BCUT2D eigenvalue weighted by Gasteiger charge is -2.22. The lowest BCUT2D eigenvalue weighted by molar-refractivity contribution is 0.0593. The second-order valence-corrected chi connectivity index (χ2v) is 9.49. The molecule has 1 unspecified atom stereocenters. The largest absolute Gasteiger partial charge is 0.270 e. The highest BCUT2D eigenvalue weighted by Gasteiger charge is 2.44. The van der Waals surface area contributed by atoms with Gasteiger partial charge in [0.1, 0.15) is 0 Å². The van der Waals surface area contributed by atoms with Gasteiger partial charge in [0.25, 0.3) is 11.8 Å². The van der Waals surface area contributed by atoms with E-state index in [2.05, 4.69) is 13.8 Å². The van der Waals surface area contributed by atoms with Crippen LogP contribution in [0.4, 0.5) is 0 Å². The molecule has 2 aromatic carbocycles. The van der Waals surface area contributed by atoms with E-state index in [4.69, 9.17) is 0 Å². The van der Waals surface area contributed by atoms with Gasteiger partial charge in [-0.1, -0.05) is 38.1 Å². The van der Waals surface area contributed by atoms with Gasteiger partial charge in [-0.2, -0.15) is 4.31 Å². The van der Waals surface area contributed by atoms with Gasteiger partial charge < -0.3 is 0 Å². The van der Waals surface area contributed by atoms with E-state index >= 15 is 0 Å². The summed E-state index contributed by atoms with van der Waals surface area (Å²) in [5, 5.41) is 0. The molecule has 4 rings (SSSR count). The molecular formula is C21H22N2O4S. The van der Waals surface area contributed by atoms with Gasteiger partial charge in [-0.05, 0) is 42.2 Å². The summed E-state index contributed by atoms with van der Waals surface area (Å²) in [5.74, 6) is -0.362. The molecule has 2 aliphatic heterocycles. The molecule has 2 aromatic rings. The minimum Gasteiger partial charge on any atom is -0.270 e. The van der Waals surface area contributed by atoms with E-state index in [1.54, 1.807) is 36.4 Å². The van der Waals surface area contributed by atoms with Crippen molar-refractivity contribution in [2.24, 2.45) is 0 Å². The van der Waals surface area contributed by atoms with Crippen LogP contribution in [0.5, 0.6) is 0 Å². The number of carbonyl (C=O) groups excluding carboxylic acids is 2. The zero-order valence-corrected chi connectivity index (χ0v) is 16.6. The molecule has 1 saturated heterocycles. The molecule has 146 valence electrons. The van der Waals surface area contributed by atoms with Crippen molar-refractivity contribution in [1.82, 2.24) is 9.21 Å². The summed E-state index contributed by atoms with van der Waals surface area (Å²) in [6, 6.07) is 13.2. The number of amides is 2. The molecule has 2 heterocycles. The number of hydrogen-bond donors (Lipinski definition) is 0. The second kappa shape index (κ2) is 6.83. The van der Waals surface area contributed by atoms with Crippen molar-refractivity contribution in [2.75, 3.05) is 13.1 Å². The monoisotopic (exact) mass is 398 g/mol. The number of hydrogen-bond acceptors (Lipinski definition) is 4. The fourth-order valence-electron chi connectivity index (χ4n) is 3.85. The lowest BCUT2D eigenvalue weighted by atomic mass is 10.0. The van der Waals surface area contributed by atoms with Crippen LogP contribution in [0.2, 0.25) is 0 Å². The van der Waals surface area contributed by atoms with E-state index in [1.165, 1.54) is 9.21 Å². The Labute approximate surface area is 164 Å². The standard InChI is InChI=1S/C21H22N2O4S/c1-14(2)15-7-9-17(10-8-15)28(26,27)22-12-11-16(13-22)23-20(24)18-5-3-4-6-19(18)21(23)25/h3-10,14,16H,11-13H2,1-2H3. The Balaban J connectivity index is 1.54. The Bertz CT molecular complexity index is 1010. The first-order chi connectivity index (χ1) is 13.3. The number of rotatable bonds is 4. The summed E-state index contributed by atoms with van der Waals surface area (Å²) < 4.78 is 27.4. The van der Waals surface area contributed by atoms with Crippen LogP contribution in [0.3, 0.4) is 0 Å². The Hall–Kier alpha value is -2.51. The smallest absolute Gasteiger partial charge is 0.261 e. The molecule has 28 heavy (non-hydrogen) atoms. The number of imide groups is 1. The summed E-state index contributed by atoms with van der Waals surface area (Å²) in [5.41, 5.74) is 1.85. The van der Waals surface area contributed by atoms with Crippen LogP contribution >= 0.6 is 0 Å². The molecule has 0 spiro atoms. The Kier molecular flexibility index (Phi) is 4.59. The third kappa shape index (κ3) is 2.95. The summed E-state index contributed by atoms with van der Waals surface area (Å²) in [6.07, 6.45) is 0.439. The van der Waals surface area contributed by atoms with E-state index < -0.39 is 16.1 Å². The Morgan fingerprint density at radius 3 is 2.04 bits per heavy atom. The third-order valence-corrected chi connectivity index (χ3v) is 7.38. The molecule has 0 N–H and O–H groups in total. The molecule has 7 heteroatoms. The number of benzene rings is 2. The van der Waals surface area contributed by atoms with Gasteiger partial charge >= 0.3 is 0 Å². The summed E-state index contributed by atoms with van der Waals surface area (Å²) >= 11 is 0. The van der Waals surface area contributed by atoms with Gasteiger partial charge in [0.05, 0.1) is 22.1 Å². The second-order valence-electron chi connectivity index (χ2n) is 7.56. The van der Waals surface area contributed by atoms with Crippen LogP contribution < -0.4 is 0 Å². The van der Waals surface area contributed by atoms with Crippen molar-refractivity contribution >= 4 is 21.8 Å². The van der Waals surface area contributed by atoms with Crippen LogP contribution in [-0.4, -0.2) is 48.6 Å². The van der Waals surface area contributed by atoms with Crippen molar-refractivity contribution < 1.29 is 18.0 Å². The number of fused-ring (bicyclic) bond motifs is 1.